The van der Waals surface area contributed by atoms with Gasteiger partial charge in [0.1, 0.15) is 0 Å². The smallest absolute Gasteiger partial charge is 1.00 e. The summed E-state index contributed by atoms with van der Waals surface area (Å²) in [5.74, 6) is 0. The van der Waals surface area contributed by atoms with Crippen molar-refractivity contribution in [1.82, 2.24) is 0 Å². The van der Waals surface area contributed by atoms with Gasteiger partial charge in [-0.15, -0.1) is 0 Å². The van der Waals surface area contributed by atoms with Gasteiger partial charge in [-0.05, 0) is 0 Å². The van der Waals surface area contributed by atoms with Crippen molar-refractivity contribution < 1.29 is 54.6 Å². The summed E-state index contributed by atoms with van der Waals surface area (Å²) in [6.45, 7) is 3.58. The molecule has 0 aliphatic carbocycles. The predicted octanol–water partition coefficient (Wildman–Crippen LogP) is -12.3. The van der Waals surface area contributed by atoms with E-state index in [0.717, 1.165) is 0 Å². The zero-order valence-electron chi connectivity index (χ0n) is 9.25. The van der Waals surface area contributed by atoms with Crippen molar-refractivity contribution in [2.45, 2.75) is 0 Å². The van der Waals surface area contributed by atoms with Gasteiger partial charge in [-0.1, -0.05) is 0 Å². The number of rotatable bonds is 3. The molecule has 0 saturated heterocycles. The molecule has 0 unspecified atom stereocenters. The van der Waals surface area contributed by atoms with Crippen molar-refractivity contribution in [2.24, 2.45) is 34.4 Å². The summed E-state index contributed by atoms with van der Waals surface area (Å²) in [4.78, 5) is 0. The first-order valence-electron chi connectivity index (χ1n) is 3.95. The molecule has 0 heterocycles. The standard InChI is InChI=1S/3C2H8N2.3ClH.Cr/c3*3-1-2-4;;;;/h3*1-4H2;3*1H;/q;;;;;;+3/p-3. The van der Waals surface area contributed by atoms with Crippen LogP contribution in [0.4, 0.5) is 0 Å². The summed E-state index contributed by atoms with van der Waals surface area (Å²) in [5, 5.41) is 0. The first-order valence-corrected chi connectivity index (χ1v) is 3.95. The van der Waals surface area contributed by atoms with Crippen LogP contribution >= 0.6 is 0 Å². The normalized spacial score (nSPS) is 5.62. The molecule has 0 aromatic rings. The van der Waals surface area contributed by atoms with Crippen LogP contribution in [0.25, 0.3) is 0 Å². The molecule has 0 aliphatic rings. The molecule has 10 heteroatoms. The Morgan fingerprint density at radius 1 is 0.375 bits per heavy atom. The maximum atomic E-state index is 4.90. The van der Waals surface area contributed by atoms with E-state index in [-0.39, 0.29) is 54.6 Å². The van der Waals surface area contributed by atoms with Crippen molar-refractivity contribution in [1.29, 1.82) is 0 Å². The Labute approximate surface area is 128 Å². The third-order valence-corrected chi connectivity index (χ3v) is 0.500. The first kappa shape index (κ1) is 43.4. The molecule has 0 rings (SSSR count). The molecular weight excluding hydrogens is 314 g/mol. The van der Waals surface area contributed by atoms with Crippen LogP contribution in [0, 0.1) is 0 Å². The van der Waals surface area contributed by atoms with E-state index in [1.807, 2.05) is 0 Å². The van der Waals surface area contributed by atoms with Gasteiger partial charge in [0.25, 0.3) is 0 Å². The van der Waals surface area contributed by atoms with E-state index >= 15 is 0 Å². The van der Waals surface area contributed by atoms with Gasteiger partial charge >= 0.3 is 17.4 Å². The molecule has 1 radical (unpaired) electrons. The molecule has 0 amide bonds. The van der Waals surface area contributed by atoms with Gasteiger partial charge in [0, 0.05) is 39.3 Å². The molecule has 16 heavy (non-hydrogen) atoms. The average molecular weight is 339 g/mol. The van der Waals surface area contributed by atoms with Gasteiger partial charge < -0.3 is 71.6 Å². The van der Waals surface area contributed by atoms with Gasteiger partial charge in [0.15, 0.2) is 0 Å². The third-order valence-electron chi connectivity index (χ3n) is 0.500. The quantitative estimate of drug-likeness (QED) is 0.300. The van der Waals surface area contributed by atoms with Crippen molar-refractivity contribution in [3.8, 4) is 0 Å². The van der Waals surface area contributed by atoms with E-state index in [0.29, 0.717) is 39.3 Å². The molecule has 0 spiro atoms. The second-order valence-corrected chi connectivity index (χ2v) is 1.73. The Kier molecular flexibility index (Phi) is 197. The van der Waals surface area contributed by atoms with Crippen LogP contribution in [0.1, 0.15) is 0 Å². The Balaban J connectivity index is -0.0000000135. The molecule has 105 valence electrons. The van der Waals surface area contributed by atoms with Crippen LogP contribution in [0.5, 0.6) is 0 Å². The summed E-state index contributed by atoms with van der Waals surface area (Å²) in [6.07, 6.45) is 0. The van der Waals surface area contributed by atoms with Gasteiger partial charge in [0.2, 0.25) is 0 Å². The van der Waals surface area contributed by atoms with Crippen molar-refractivity contribution in [3.63, 3.8) is 0 Å². The molecule has 0 fully saturated rings. The Morgan fingerprint density at radius 3 is 0.438 bits per heavy atom. The van der Waals surface area contributed by atoms with E-state index in [9.17, 15) is 0 Å². The monoisotopic (exact) mass is 337 g/mol. The average Bonchev–Trinajstić information content (AvgIpc) is 2.18. The zero-order chi connectivity index (χ0) is 10.2. The summed E-state index contributed by atoms with van der Waals surface area (Å²) in [6, 6.07) is 0. The Hall–Kier alpha value is 1.16. The Morgan fingerprint density at radius 2 is 0.438 bits per heavy atom. The topological polar surface area (TPSA) is 156 Å². The SMILES string of the molecule is NCCN.NCCN.NCCN.[Cl-].[Cl-].[Cl-].[Cr+3]. The molecule has 0 aromatic heterocycles. The fraction of sp³-hybridized carbons (Fsp3) is 1.00. The Bertz CT molecular complexity index is 43.7. The minimum Gasteiger partial charge on any atom is -1.00 e. The molecule has 0 atom stereocenters. The predicted molar refractivity (Wildman–Crippen MR) is 54.3 cm³/mol. The third kappa shape index (κ3) is 176. The van der Waals surface area contributed by atoms with E-state index < -0.39 is 0 Å². The van der Waals surface area contributed by atoms with E-state index in [4.69, 9.17) is 34.4 Å². The summed E-state index contributed by atoms with van der Waals surface area (Å²) < 4.78 is 0. The zero-order valence-corrected chi connectivity index (χ0v) is 12.8. The summed E-state index contributed by atoms with van der Waals surface area (Å²) in [5.41, 5.74) is 29.4. The molecule has 0 aromatic carbocycles. The van der Waals surface area contributed by atoms with E-state index in [1.165, 1.54) is 0 Å². The van der Waals surface area contributed by atoms with E-state index in [1.54, 1.807) is 0 Å². The van der Waals surface area contributed by atoms with Crippen LogP contribution < -0.4 is 71.6 Å². The molecule has 12 N–H and O–H groups in total. The molecule has 6 nitrogen and oxygen atoms in total. The van der Waals surface area contributed by atoms with Crippen molar-refractivity contribution in [3.05, 3.63) is 0 Å². The fourth-order valence-corrected chi connectivity index (χ4v) is 0. The van der Waals surface area contributed by atoms with Gasteiger partial charge in [-0.3, -0.25) is 0 Å². The molecular formula is C6H24Cl3CrN6. The maximum Gasteiger partial charge on any atom is 3.00 e. The molecule has 0 saturated carbocycles. The largest absolute Gasteiger partial charge is 3.00 e. The fourth-order valence-electron chi connectivity index (χ4n) is 0. The van der Waals surface area contributed by atoms with Gasteiger partial charge in [0.05, 0.1) is 0 Å². The van der Waals surface area contributed by atoms with Crippen LogP contribution in [0.15, 0.2) is 0 Å². The summed E-state index contributed by atoms with van der Waals surface area (Å²) in [7, 11) is 0. The van der Waals surface area contributed by atoms with Crippen LogP contribution in [-0.4, -0.2) is 39.3 Å². The maximum absolute atomic E-state index is 4.90. The second kappa shape index (κ2) is 72.4. The molecule has 0 aliphatic heterocycles. The molecule has 0 bridgehead atoms. The van der Waals surface area contributed by atoms with E-state index in [2.05, 4.69) is 0 Å². The number of nitrogens with two attached hydrogens (primary N) is 6. The second-order valence-electron chi connectivity index (χ2n) is 1.73. The van der Waals surface area contributed by atoms with Crippen molar-refractivity contribution in [2.75, 3.05) is 39.3 Å². The first-order chi connectivity index (χ1) is 5.74. The number of halogens is 3. The van der Waals surface area contributed by atoms with Crippen molar-refractivity contribution >= 4 is 0 Å². The number of hydrogen-bond acceptors (Lipinski definition) is 6. The minimum absolute atomic E-state index is 0. The van der Waals surface area contributed by atoms with Gasteiger partial charge in [-0.25, -0.2) is 0 Å². The van der Waals surface area contributed by atoms with Crippen LogP contribution in [0.3, 0.4) is 0 Å². The van der Waals surface area contributed by atoms with Gasteiger partial charge in [-0.2, -0.15) is 0 Å². The van der Waals surface area contributed by atoms with Crippen LogP contribution in [-0.2, 0) is 17.4 Å². The summed E-state index contributed by atoms with van der Waals surface area (Å²) >= 11 is 0. The number of hydrogen-bond donors (Lipinski definition) is 6. The van der Waals surface area contributed by atoms with Crippen LogP contribution in [0.2, 0.25) is 0 Å². The minimum atomic E-state index is 0.